The number of carbonyl (C=O) groups is 1. The molecular weight excluding hydrogens is 320 g/mol. The molecule has 1 N–H and O–H groups in total. The van der Waals surface area contributed by atoms with E-state index < -0.39 is 6.04 Å². The number of rotatable bonds is 5. The van der Waals surface area contributed by atoms with Crippen LogP contribution in [0.4, 0.5) is 5.69 Å². The minimum absolute atomic E-state index is 0.0973. The molecule has 0 fully saturated rings. The predicted molar refractivity (Wildman–Crippen MR) is 99.9 cm³/mol. The Hall–Kier alpha value is -2.40. The summed E-state index contributed by atoms with van der Waals surface area (Å²) in [5.41, 5.74) is 1.84. The SMILES string of the molecule is CCc1cccc(NC(=O)C(CC)n2sc3ccccc3c2=O)c1. The fraction of sp³-hybridized carbons (Fsp3) is 0.263. The third-order valence-electron chi connectivity index (χ3n) is 4.09. The Balaban J connectivity index is 1.91. The Morgan fingerprint density at radius 3 is 2.67 bits per heavy atom. The van der Waals surface area contributed by atoms with Gasteiger partial charge in [0.1, 0.15) is 6.04 Å². The van der Waals surface area contributed by atoms with Crippen LogP contribution in [0.15, 0.2) is 53.3 Å². The second-order valence-corrected chi connectivity index (χ2v) is 6.70. The summed E-state index contributed by atoms with van der Waals surface area (Å²) in [7, 11) is 0. The van der Waals surface area contributed by atoms with Gasteiger partial charge >= 0.3 is 0 Å². The molecule has 0 saturated carbocycles. The molecule has 1 amide bonds. The van der Waals surface area contributed by atoms with E-state index in [1.807, 2.05) is 49.4 Å². The molecule has 1 atom stereocenters. The maximum Gasteiger partial charge on any atom is 0.269 e. The van der Waals surface area contributed by atoms with Gasteiger partial charge in [-0.25, -0.2) is 0 Å². The average Bonchev–Trinajstić information content (AvgIpc) is 2.93. The molecule has 3 rings (SSSR count). The van der Waals surface area contributed by atoms with E-state index in [2.05, 4.69) is 12.2 Å². The molecular formula is C19H20N2O2S. The highest BCUT2D eigenvalue weighted by molar-refractivity contribution is 7.14. The molecule has 1 heterocycles. The molecule has 1 unspecified atom stereocenters. The predicted octanol–water partition coefficient (Wildman–Crippen LogP) is 4.22. The minimum Gasteiger partial charge on any atom is -0.324 e. The van der Waals surface area contributed by atoms with Crippen molar-refractivity contribution in [3.63, 3.8) is 0 Å². The monoisotopic (exact) mass is 340 g/mol. The smallest absolute Gasteiger partial charge is 0.269 e. The fourth-order valence-corrected chi connectivity index (χ4v) is 3.90. The van der Waals surface area contributed by atoms with Crippen LogP contribution in [0.2, 0.25) is 0 Å². The Kier molecular flexibility index (Phi) is 4.81. The van der Waals surface area contributed by atoms with E-state index in [1.165, 1.54) is 17.1 Å². The van der Waals surface area contributed by atoms with Gasteiger partial charge in [-0.3, -0.25) is 13.5 Å². The van der Waals surface area contributed by atoms with E-state index in [1.54, 1.807) is 10.0 Å². The van der Waals surface area contributed by atoms with Crippen LogP contribution < -0.4 is 10.9 Å². The molecule has 0 aliphatic heterocycles. The Labute approximate surface area is 144 Å². The standard InChI is InChI=1S/C19H20N2O2S/c1-3-13-8-7-9-14(12-13)20-18(22)16(4-2)21-19(23)15-10-5-6-11-17(15)24-21/h5-12,16H,3-4H2,1-2H3,(H,20,22). The van der Waals surface area contributed by atoms with Crippen LogP contribution in [0.5, 0.6) is 0 Å². The quantitative estimate of drug-likeness (QED) is 0.756. The van der Waals surface area contributed by atoms with Gasteiger partial charge in [0.2, 0.25) is 5.91 Å². The van der Waals surface area contributed by atoms with Gasteiger partial charge in [0, 0.05) is 5.69 Å². The highest BCUT2D eigenvalue weighted by Crippen LogP contribution is 2.23. The van der Waals surface area contributed by atoms with Crippen LogP contribution in [0.1, 0.15) is 31.9 Å². The van der Waals surface area contributed by atoms with Gasteiger partial charge in [0.05, 0.1) is 10.1 Å². The lowest BCUT2D eigenvalue weighted by molar-refractivity contribution is -0.119. The second kappa shape index (κ2) is 7.01. The third kappa shape index (κ3) is 3.12. The molecule has 24 heavy (non-hydrogen) atoms. The lowest BCUT2D eigenvalue weighted by atomic mass is 10.1. The van der Waals surface area contributed by atoms with Crippen LogP contribution in [-0.4, -0.2) is 9.86 Å². The summed E-state index contributed by atoms with van der Waals surface area (Å²) in [5, 5.41) is 3.61. The zero-order chi connectivity index (χ0) is 17.1. The number of aryl methyl sites for hydroxylation is 1. The molecule has 5 heteroatoms. The molecule has 1 aromatic heterocycles. The summed E-state index contributed by atoms with van der Waals surface area (Å²) in [5.74, 6) is -0.153. The van der Waals surface area contributed by atoms with Crippen LogP contribution in [0, 0.1) is 0 Å². The molecule has 0 spiro atoms. The molecule has 4 nitrogen and oxygen atoms in total. The molecule has 2 aromatic carbocycles. The zero-order valence-corrected chi connectivity index (χ0v) is 14.6. The largest absolute Gasteiger partial charge is 0.324 e. The van der Waals surface area contributed by atoms with Gasteiger partial charge in [-0.2, -0.15) is 0 Å². The van der Waals surface area contributed by atoms with E-state index in [0.29, 0.717) is 11.8 Å². The fourth-order valence-electron chi connectivity index (χ4n) is 2.75. The highest BCUT2D eigenvalue weighted by atomic mass is 32.1. The topological polar surface area (TPSA) is 51.1 Å². The molecule has 3 aromatic rings. The van der Waals surface area contributed by atoms with Crippen molar-refractivity contribution in [3.8, 4) is 0 Å². The number of hydrogen-bond donors (Lipinski definition) is 1. The number of benzene rings is 2. The molecule has 0 aliphatic carbocycles. The Morgan fingerprint density at radius 2 is 1.96 bits per heavy atom. The molecule has 0 radical (unpaired) electrons. The van der Waals surface area contributed by atoms with Gasteiger partial charge in [0.15, 0.2) is 0 Å². The summed E-state index contributed by atoms with van der Waals surface area (Å²) >= 11 is 1.35. The van der Waals surface area contributed by atoms with Gasteiger partial charge in [-0.1, -0.05) is 49.6 Å². The highest BCUT2D eigenvalue weighted by Gasteiger charge is 2.22. The van der Waals surface area contributed by atoms with Crippen LogP contribution in [0.3, 0.4) is 0 Å². The number of nitrogens with one attached hydrogen (secondary N) is 1. The van der Waals surface area contributed by atoms with Crippen molar-refractivity contribution in [2.24, 2.45) is 0 Å². The number of hydrogen-bond acceptors (Lipinski definition) is 3. The lowest BCUT2D eigenvalue weighted by Crippen LogP contribution is -2.29. The Morgan fingerprint density at radius 1 is 1.17 bits per heavy atom. The molecule has 124 valence electrons. The van der Waals surface area contributed by atoms with Crippen molar-refractivity contribution in [3.05, 3.63) is 64.4 Å². The van der Waals surface area contributed by atoms with Crippen molar-refractivity contribution >= 4 is 33.2 Å². The number of aromatic nitrogens is 1. The lowest BCUT2D eigenvalue weighted by Gasteiger charge is -2.15. The number of anilines is 1. The van der Waals surface area contributed by atoms with Crippen LogP contribution in [0.25, 0.3) is 10.1 Å². The van der Waals surface area contributed by atoms with E-state index in [4.69, 9.17) is 0 Å². The van der Waals surface area contributed by atoms with Crippen molar-refractivity contribution in [1.82, 2.24) is 3.96 Å². The third-order valence-corrected chi connectivity index (χ3v) is 5.26. The van der Waals surface area contributed by atoms with Crippen molar-refractivity contribution in [2.45, 2.75) is 32.7 Å². The minimum atomic E-state index is -0.500. The Bertz CT molecular complexity index is 926. The van der Waals surface area contributed by atoms with E-state index >= 15 is 0 Å². The first-order chi connectivity index (χ1) is 11.6. The summed E-state index contributed by atoms with van der Waals surface area (Å²) in [4.78, 5) is 25.3. The van der Waals surface area contributed by atoms with E-state index in [-0.39, 0.29) is 11.5 Å². The second-order valence-electron chi connectivity index (χ2n) is 5.69. The maximum atomic E-state index is 12.7. The number of nitrogens with zero attached hydrogens (tertiary/aromatic N) is 1. The van der Waals surface area contributed by atoms with E-state index in [0.717, 1.165) is 16.8 Å². The zero-order valence-electron chi connectivity index (χ0n) is 13.8. The summed E-state index contributed by atoms with van der Waals surface area (Å²) in [6.45, 7) is 4.00. The first-order valence-corrected chi connectivity index (χ1v) is 8.91. The number of carbonyl (C=O) groups excluding carboxylic acids is 1. The van der Waals surface area contributed by atoms with Crippen LogP contribution in [-0.2, 0) is 11.2 Å². The summed E-state index contributed by atoms with van der Waals surface area (Å²) < 4.78 is 2.49. The van der Waals surface area contributed by atoms with Crippen LogP contribution >= 0.6 is 11.5 Å². The van der Waals surface area contributed by atoms with Gasteiger partial charge in [0.25, 0.3) is 5.56 Å². The van der Waals surface area contributed by atoms with Gasteiger partial charge in [-0.15, -0.1) is 0 Å². The average molecular weight is 340 g/mol. The summed E-state index contributed by atoms with van der Waals surface area (Å²) in [6, 6.07) is 14.8. The van der Waals surface area contributed by atoms with E-state index in [9.17, 15) is 9.59 Å². The molecule has 0 aliphatic rings. The van der Waals surface area contributed by atoms with Gasteiger partial charge in [-0.05, 0) is 42.7 Å². The first kappa shape index (κ1) is 16.5. The normalized spacial score (nSPS) is 12.2. The van der Waals surface area contributed by atoms with Crippen molar-refractivity contribution in [2.75, 3.05) is 5.32 Å². The van der Waals surface area contributed by atoms with Crippen molar-refractivity contribution < 1.29 is 4.79 Å². The molecule has 0 saturated heterocycles. The maximum absolute atomic E-state index is 12.7. The van der Waals surface area contributed by atoms with Crippen molar-refractivity contribution in [1.29, 1.82) is 0 Å². The van der Waals surface area contributed by atoms with Gasteiger partial charge < -0.3 is 5.32 Å². The first-order valence-electron chi connectivity index (χ1n) is 8.14. The number of amides is 1. The summed E-state index contributed by atoms with van der Waals surface area (Å²) in [6.07, 6.45) is 1.47. The number of fused-ring (bicyclic) bond motifs is 1. The molecule has 0 bridgehead atoms.